The van der Waals surface area contributed by atoms with Gasteiger partial charge < -0.3 is 10.1 Å². The highest BCUT2D eigenvalue weighted by Crippen LogP contribution is 2.57. The molecule has 1 amide bonds. The summed E-state index contributed by atoms with van der Waals surface area (Å²) < 4.78 is 7.32. The number of nitrogens with zero attached hydrogens (tertiary/aromatic N) is 3. The lowest BCUT2D eigenvalue weighted by atomic mass is 10.0. The predicted molar refractivity (Wildman–Crippen MR) is 98.7 cm³/mol. The third-order valence-corrected chi connectivity index (χ3v) is 6.11. The van der Waals surface area contributed by atoms with Gasteiger partial charge in [0.1, 0.15) is 0 Å². The van der Waals surface area contributed by atoms with Crippen LogP contribution in [0.1, 0.15) is 52.5 Å². The number of nitrogens with one attached hydrogen (secondary N) is 1. The average Bonchev–Trinajstić information content (AvgIpc) is 3.22. The maximum Gasteiger partial charge on any atom is 0.272 e. The zero-order chi connectivity index (χ0) is 18.4. The van der Waals surface area contributed by atoms with Crippen LogP contribution in [-0.2, 0) is 11.2 Å². The van der Waals surface area contributed by atoms with Gasteiger partial charge in [-0.05, 0) is 61.8 Å². The minimum absolute atomic E-state index is 0.0635. The van der Waals surface area contributed by atoms with Crippen molar-refractivity contribution in [3.63, 3.8) is 0 Å². The number of carbonyl (C=O) groups is 1. The highest BCUT2D eigenvalue weighted by molar-refractivity contribution is 5.94. The molecule has 0 unspecified atom stereocenters. The molecule has 0 spiro atoms. The SMILES string of the molecule is N#Cc1ccc(-n2nc(C(=O)NCC3CCOCC3)c3c2[C@@H]2C[C@@H]2C3)cc1. The Kier molecular flexibility index (Phi) is 3.98. The van der Waals surface area contributed by atoms with E-state index in [1.54, 1.807) is 12.1 Å². The first kappa shape index (κ1) is 16.5. The molecule has 0 bridgehead atoms. The average molecular weight is 362 g/mol. The Morgan fingerprint density at radius 2 is 2.07 bits per heavy atom. The van der Waals surface area contributed by atoms with Crippen molar-refractivity contribution in [3.8, 4) is 11.8 Å². The summed E-state index contributed by atoms with van der Waals surface area (Å²) >= 11 is 0. The standard InChI is InChI=1S/C21H22N4O2/c22-11-13-1-3-16(4-2-13)25-20-17-9-15(17)10-18(20)19(24-25)21(26)23-12-14-5-7-27-8-6-14/h1-4,14-15,17H,5-10,12H2,(H,23,26)/t15-,17-/m1/s1. The molecule has 1 aliphatic heterocycles. The first-order chi connectivity index (χ1) is 13.2. The maximum absolute atomic E-state index is 12.9. The fraction of sp³-hybridized carbons (Fsp3) is 0.476. The van der Waals surface area contributed by atoms with Crippen molar-refractivity contribution in [1.29, 1.82) is 5.26 Å². The topological polar surface area (TPSA) is 79.9 Å². The Bertz CT molecular complexity index is 919. The molecule has 6 nitrogen and oxygen atoms in total. The molecule has 5 rings (SSSR count). The van der Waals surface area contributed by atoms with Gasteiger partial charge in [-0.3, -0.25) is 4.79 Å². The van der Waals surface area contributed by atoms with Gasteiger partial charge in [0.15, 0.2) is 5.69 Å². The summed E-state index contributed by atoms with van der Waals surface area (Å²) in [5.74, 6) is 1.63. The van der Waals surface area contributed by atoms with E-state index in [0.717, 1.165) is 43.7 Å². The molecule has 2 aliphatic carbocycles. The summed E-state index contributed by atoms with van der Waals surface area (Å²) in [5.41, 5.74) is 4.43. The molecule has 6 heteroatoms. The predicted octanol–water partition coefficient (Wildman–Crippen LogP) is 2.56. The molecule has 1 aromatic heterocycles. The molecule has 1 N–H and O–H groups in total. The number of hydrogen-bond donors (Lipinski definition) is 1. The van der Waals surface area contributed by atoms with Gasteiger partial charge in [0.2, 0.25) is 0 Å². The van der Waals surface area contributed by atoms with Gasteiger partial charge in [0.05, 0.1) is 23.0 Å². The van der Waals surface area contributed by atoms with E-state index in [9.17, 15) is 4.79 Å². The second-order valence-corrected chi connectivity index (χ2v) is 7.86. The summed E-state index contributed by atoms with van der Waals surface area (Å²) in [6.07, 6.45) is 4.15. The molecule has 1 aromatic carbocycles. The van der Waals surface area contributed by atoms with Crippen molar-refractivity contribution < 1.29 is 9.53 Å². The molecule has 2 atom stereocenters. The lowest BCUT2D eigenvalue weighted by Gasteiger charge is -2.22. The van der Waals surface area contributed by atoms with Gasteiger partial charge in [0.25, 0.3) is 5.91 Å². The molecule has 2 heterocycles. The number of benzene rings is 1. The van der Waals surface area contributed by atoms with Crippen LogP contribution >= 0.6 is 0 Å². The quantitative estimate of drug-likeness (QED) is 0.906. The molecule has 3 aliphatic rings. The smallest absolute Gasteiger partial charge is 0.272 e. The van der Waals surface area contributed by atoms with E-state index in [4.69, 9.17) is 15.1 Å². The van der Waals surface area contributed by atoms with Gasteiger partial charge in [-0.15, -0.1) is 0 Å². The Morgan fingerprint density at radius 1 is 1.30 bits per heavy atom. The molecule has 2 aromatic rings. The Balaban J connectivity index is 1.41. The van der Waals surface area contributed by atoms with Gasteiger partial charge in [-0.1, -0.05) is 0 Å². The minimum atomic E-state index is -0.0635. The van der Waals surface area contributed by atoms with Gasteiger partial charge >= 0.3 is 0 Å². The maximum atomic E-state index is 12.9. The van der Waals surface area contributed by atoms with E-state index in [1.165, 1.54) is 12.1 Å². The van der Waals surface area contributed by atoms with Crippen LogP contribution in [0.25, 0.3) is 5.69 Å². The van der Waals surface area contributed by atoms with Gasteiger partial charge in [-0.2, -0.15) is 10.4 Å². The number of fused-ring (bicyclic) bond motifs is 3. The molecule has 27 heavy (non-hydrogen) atoms. The van der Waals surface area contributed by atoms with E-state index < -0.39 is 0 Å². The fourth-order valence-electron chi connectivity index (χ4n) is 4.44. The highest BCUT2D eigenvalue weighted by atomic mass is 16.5. The Hall–Kier alpha value is -2.65. The van der Waals surface area contributed by atoms with Crippen molar-refractivity contribution in [3.05, 3.63) is 46.8 Å². The van der Waals surface area contributed by atoms with E-state index in [-0.39, 0.29) is 5.91 Å². The zero-order valence-electron chi connectivity index (χ0n) is 15.1. The highest BCUT2D eigenvalue weighted by Gasteiger charge is 2.50. The van der Waals surface area contributed by atoms with Gasteiger partial charge in [0, 0.05) is 31.2 Å². The summed E-state index contributed by atoms with van der Waals surface area (Å²) in [6.45, 7) is 2.26. The normalized spacial score (nSPS) is 23.4. The number of ether oxygens (including phenoxy) is 1. The summed E-state index contributed by atoms with van der Waals surface area (Å²) in [4.78, 5) is 12.9. The number of amides is 1. The van der Waals surface area contributed by atoms with Crippen LogP contribution < -0.4 is 5.32 Å². The third kappa shape index (κ3) is 2.92. The first-order valence-electron chi connectivity index (χ1n) is 9.73. The fourth-order valence-corrected chi connectivity index (χ4v) is 4.44. The van der Waals surface area contributed by atoms with Crippen molar-refractivity contribution >= 4 is 5.91 Å². The van der Waals surface area contributed by atoms with Crippen molar-refractivity contribution in [1.82, 2.24) is 15.1 Å². The zero-order valence-corrected chi connectivity index (χ0v) is 15.1. The first-order valence-corrected chi connectivity index (χ1v) is 9.73. The van der Waals surface area contributed by atoms with Crippen LogP contribution in [0.2, 0.25) is 0 Å². The Labute approximate surface area is 158 Å². The van der Waals surface area contributed by atoms with Crippen molar-refractivity contribution in [2.75, 3.05) is 19.8 Å². The van der Waals surface area contributed by atoms with E-state index in [1.807, 2.05) is 16.8 Å². The molecular weight excluding hydrogens is 340 g/mol. The molecule has 0 radical (unpaired) electrons. The van der Waals surface area contributed by atoms with Crippen LogP contribution in [0.15, 0.2) is 24.3 Å². The number of carbonyl (C=O) groups excluding carboxylic acids is 1. The second-order valence-electron chi connectivity index (χ2n) is 7.86. The molecule has 138 valence electrons. The summed E-state index contributed by atoms with van der Waals surface area (Å²) in [5, 5.41) is 16.8. The van der Waals surface area contributed by atoms with E-state index in [2.05, 4.69) is 11.4 Å². The van der Waals surface area contributed by atoms with Crippen LogP contribution in [0, 0.1) is 23.2 Å². The molecule has 1 saturated heterocycles. The number of hydrogen-bond acceptors (Lipinski definition) is 4. The van der Waals surface area contributed by atoms with Crippen molar-refractivity contribution in [2.24, 2.45) is 11.8 Å². The lowest BCUT2D eigenvalue weighted by molar-refractivity contribution is 0.0642. The molecular formula is C21H22N4O2. The van der Waals surface area contributed by atoms with Gasteiger partial charge in [-0.25, -0.2) is 4.68 Å². The lowest BCUT2D eigenvalue weighted by Crippen LogP contribution is -2.32. The summed E-state index contributed by atoms with van der Waals surface area (Å²) in [7, 11) is 0. The number of nitriles is 1. The summed E-state index contributed by atoms with van der Waals surface area (Å²) in [6, 6.07) is 9.56. The van der Waals surface area contributed by atoms with Crippen molar-refractivity contribution in [2.45, 2.75) is 31.6 Å². The number of aromatic nitrogens is 2. The largest absolute Gasteiger partial charge is 0.381 e. The van der Waals surface area contributed by atoms with Crippen LogP contribution in [0.3, 0.4) is 0 Å². The van der Waals surface area contributed by atoms with Crippen LogP contribution in [0.4, 0.5) is 0 Å². The number of rotatable bonds is 4. The molecule has 2 fully saturated rings. The third-order valence-electron chi connectivity index (χ3n) is 6.11. The Morgan fingerprint density at radius 3 is 2.81 bits per heavy atom. The molecule has 1 saturated carbocycles. The van der Waals surface area contributed by atoms with E-state index >= 15 is 0 Å². The monoisotopic (exact) mass is 362 g/mol. The van der Waals surface area contributed by atoms with E-state index in [0.29, 0.717) is 35.6 Å². The minimum Gasteiger partial charge on any atom is -0.381 e. The van der Waals surface area contributed by atoms with Crippen LogP contribution in [-0.4, -0.2) is 35.4 Å². The van der Waals surface area contributed by atoms with Crippen LogP contribution in [0.5, 0.6) is 0 Å². The second kappa shape index (κ2) is 6.50.